The number of hydrogen-bond acceptors (Lipinski definition) is 3. The Morgan fingerprint density at radius 2 is 1.32 bits per heavy atom. The van der Waals surface area contributed by atoms with Crippen LogP contribution in [0.5, 0.6) is 0 Å². The molecule has 0 N–H and O–H groups in total. The lowest BCUT2D eigenvalue weighted by molar-refractivity contribution is -0.140. The minimum absolute atomic E-state index is 0.121. The van der Waals surface area contributed by atoms with Crippen LogP contribution < -0.4 is 0 Å². The van der Waals surface area contributed by atoms with Gasteiger partial charge in [0, 0.05) is 6.42 Å². The second-order valence-electron chi connectivity index (χ2n) is 6.65. The molecule has 3 heteroatoms. The summed E-state index contributed by atoms with van der Waals surface area (Å²) in [6.45, 7) is 2.27. The second kappa shape index (κ2) is 12.9. The van der Waals surface area contributed by atoms with Crippen molar-refractivity contribution in [1.29, 1.82) is 0 Å². The minimum atomic E-state index is -0.121. The number of carbonyl (C=O) groups excluding carboxylic acids is 1. The van der Waals surface area contributed by atoms with Gasteiger partial charge in [0.15, 0.2) is 0 Å². The van der Waals surface area contributed by atoms with Crippen LogP contribution in [0.1, 0.15) is 96.8 Å². The van der Waals surface area contributed by atoms with E-state index in [0.717, 1.165) is 6.42 Å². The van der Waals surface area contributed by atoms with Crippen molar-refractivity contribution < 1.29 is 14.3 Å². The van der Waals surface area contributed by atoms with Crippen molar-refractivity contribution in [2.24, 2.45) is 0 Å². The number of epoxide rings is 1. The van der Waals surface area contributed by atoms with Crippen molar-refractivity contribution in [3.63, 3.8) is 0 Å². The third kappa shape index (κ3) is 10.2. The van der Waals surface area contributed by atoms with Crippen LogP contribution in [0, 0.1) is 0 Å². The molecule has 0 aliphatic carbocycles. The first-order valence-electron chi connectivity index (χ1n) is 9.50. The zero-order valence-electron chi connectivity index (χ0n) is 14.8. The first-order valence-corrected chi connectivity index (χ1v) is 9.50. The molecular weight excluding hydrogens is 276 g/mol. The fraction of sp³-hybridized carbons (Fsp3) is 0.947. The smallest absolute Gasteiger partial charge is 0.305 e. The molecular formula is C19H36O3. The Hall–Kier alpha value is -0.570. The number of hydrogen-bond donors (Lipinski definition) is 0. The summed E-state index contributed by atoms with van der Waals surface area (Å²) in [5.74, 6) is -0.121. The third-order valence-corrected chi connectivity index (χ3v) is 4.64. The average molecular weight is 312 g/mol. The number of rotatable bonds is 15. The molecule has 1 saturated heterocycles. The van der Waals surface area contributed by atoms with Gasteiger partial charge in [-0.1, -0.05) is 77.6 Å². The van der Waals surface area contributed by atoms with E-state index < -0.39 is 0 Å². The number of esters is 1. The highest BCUT2D eigenvalue weighted by molar-refractivity contribution is 5.69. The summed E-state index contributed by atoms with van der Waals surface area (Å²) in [6.07, 6.45) is 18.5. The Balaban J connectivity index is 1.75. The largest absolute Gasteiger partial charge is 0.469 e. The predicted octanol–water partition coefficient (Wildman–Crippen LogP) is 5.41. The Kier molecular flexibility index (Phi) is 11.4. The Morgan fingerprint density at radius 1 is 0.818 bits per heavy atom. The minimum Gasteiger partial charge on any atom is -0.469 e. The molecule has 3 nitrogen and oxygen atoms in total. The van der Waals surface area contributed by atoms with E-state index in [1.807, 2.05) is 0 Å². The maximum atomic E-state index is 11.0. The molecule has 1 aliphatic heterocycles. The van der Waals surface area contributed by atoms with Gasteiger partial charge in [-0.2, -0.15) is 0 Å². The van der Waals surface area contributed by atoms with Gasteiger partial charge in [-0.25, -0.2) is 0 Å². The summed E-state index contributed by atoms with van der Waals surface area (Å²) in [4.78, 5) is 11.0. The van der Waals surface area contributed by atoms with Crippen molar-refractivity contribution in [2.75, 3.05) is 7.11 Å². The molecule has 2 atom stereocenters. The SMILES string of the molecule is CCCCCCCCCCCCC[C@H]1O[C@@H]1CCC(=O)OC. The molecule has 130 valence electrons. The van der Waals surface area contributed by atoms with Gasteiger partial charge in [0.2, 0.25) is 0 Å². The number of ether oxygens (including phenoxy) is 2. The first kappa shape index (κ1) is 19.5. The molecule has 1 heterocycles. The predicted molar refractivity (Wildman–Crippen MR) is 91.0 cm³/mol. The second-order valence-corrected chi connectivity index (χ2v) is 6.65. The zero-order valence-corrected chi connectivity index (χ0v) is 14.8. The van der Waals surface area contributed by atoms with Gasteiger partial charge in [0.1, 0.15) is 0 Å². The van der Waals surface area contributed by atoms with Gasteiger partial charge in [-0.05, 0) is 12.8 Å². The normalized spacial score (nSPS) is 20.1. The summed E-state index contributed by atoms with van der Waals surface area (Å²) < 4.78 is 10.2. The first-order chi connectivity index (χ1) is 10.8. The van der Waals surface area contributed by atoms with Gasteiger partial charge in [0.25, 0.3) is 0 Å². The summed E-state index contributed by atoms with van der Waals surface area (Å²) >= 11 is 0. The Labute approximate surface area is 137 Å². The van der Waals surface area contributed by atoms with Gasteiger partial charge in [0.05, 0.1) is 19.3 Å². The summed E-state index contributed by atoms with van der Waals surface area (Å²) in [5, 5.41) is 0. The standard InChI is InChI=1S/C19H36O3/c1-3-4-5-6-7-8-9-10-11-12-13-14-17-18(22-17)15-16-19(20)21-2/h17-18H,3-16H2,1-2H3/t17-,18-/m1/s1. The van der Waals surface area contributed by atoms with E-state index in [4.69, 9.17) is 4.74 Å². The fourth-order valence-corrected chi connectivity index (χ4v) is 3.06. The Bertz CT molecular complexity index is 278. The summed E-state index contributed by atoms with van der Waals surface area (Å²) in [5.41, 5.74) is 0. The van der Waals surface area contributed by atoms with Crippen LogP contribution in [0.25, 0.3) is 0 Å². The lowest BCUT2D eigenvalue weighted by Gasteiger charge is -2.02. The number of unbranched alkanes of at least 4 members (excludes halogenated alkanes) is 10. The third-order valence-electron chi connectivity index (χ3n) is 4.64. The van der Waals surface area contributed by atoms with E-state index in [1.54, 1.807) is 0 Å². The molecule has 0 bridgehead atoms. The zero-order chi connectivity index (χ0) is 16.0. The van der Waals surface area contributed by atoms with E-state index >= 15 is 0 Å². The van der Waals surface area contributed by atoms with Crippen LogP contribution >= 0.6 is 0 Å². The van der Waals surface area contributed by atoms with Gasteiger partial charge in [-0.3, -0.25) is 4.79 Å². The van der Waals surface area contributed by atoms with E-state index in [9.17, 15) is 4.79 Å². The van der Waals surface area contributed by atoms with Gasteiger partial charge < -0.3 is 9.47 Å². The molecule has 0 saturated carbocycles. The molecule has 0 spiro atoms. The summed E-state index contributed by atoms with van der Waals surface area (Å²) in [6, 6.07) is 0. The van der Waals surface area contributed by atoms with Crippen LogP contribution in [0.2, 0.25) is 0 Å². The van der Waals surface area contributed by atoms with Crippen molar-refractivity contribution in [1.82, 2.24) is 0 Å². The molecule has 1 rings (SSSR count). The monoisotopic (exact) mass is 312 g/mol. The highest BCUT2D eigenvalue weighted by Crippen LogP contribution is 2.31. The van der Waals surface area contributed by atoms with E-state index in [2.05, 4.69) is 11.7 Å². The van der Waals surface area contributed by atoms with Crippen molar-refractivity contribution in [3.05, 3.63) is 0 Å². The molecule has 0 radical (unpaired) electrons. The molecule has 0 unspecified atom stereocenters. The fourth-order valence-electron chi connectivity index (χ4n) is 3.06. The van der Waals surface area contributed by atoms with Crippen molar-refractivity contribution in [2.45, 2.75) is 109 Å². The van der Waals surface area contributed by atoms with Crippen LogP contribution in [-0.2, 0) is 14.3 Å². The quantitative estimate of drug-likeness (QED) is 0.230. The summed E-state index contributed by atoms with van der Waals surface area (Å²) in [7, 11) is 1.44. The lowest BCUT2D eigenvalue weighted by Crippen LogP contribution is -2.03. The molecule has 1 fully saturated rings. The van der Waals surface area contributed by atoms with E-state index in [1.165, 1.54) is 84.2 Å². The van der Waals surface area contributed by atoms with Crippen LogP contribution in [0.4, 0.5) is 0 Å². The maximum absolute atomic E-state index is 11.0. The van der Waals surface area contributed by atoms with Gasteiger partial charge in [-0.15, -0.1) is 0 Å². The molecule has 0 aromatic heterocycles. The maximum Gasteiger partial charge on any atom is 0.305 e. The van der Waals surface area contributed by atoms with Crippen LogP contribution in [0.15, 0.2) is 0 Å². The molecule has 22 heavy (non-hydrogen) atoms. The molecule has 1 aliphatic rings. The van der Waals surface area contributed by atoms with Gasteiger partial charge >= 0.3 is 5.97 Å². The molecule has 0 aromatic carbocycles. The van der Waals surface area contributed by atoms with Crippen LogP contribution in [-0.4, -0.2) is 25.3 Å². The van der Waals surface area contributed by atoms with E-state index in [0.29, 0.717) is 18.6 Å². The Morgan fingerprint density at radius 3 is 1.86 bits per heavy atom. The molecule has 0 aromatic rings. The highest BCUT2D eigenvalue weighted by atomic mass is 16.6. The number of methoxy groups -OCH3 is 1. The van der Waals surface area contributed by atoms with Crippen molar-refractivity contribution in [3.8, 4) is 0 Å². The topological polar surface area (TPSA) is 38.8 Å². The number of carbonyl (C=O) groups is 1. The van der Waals surface area contributed by atoms with Crippen LogP contribution in [0.3, 0.4) is 0 Å². The van der Waals surface area contributed by atoms with Crippen molar-refractivity contribution >= 4 is 5.97 Å². The highest BCUT2D eigenvalue weighted by Gasteiger charge is 2.37. The lowest BCUT2D eigenvalue weighted by atomic mass is 10.0. The van der Waals surface area contributed by atoms with E-state index in [-0.39, 0.29) is 5.97 Å². The average Bonchev–Trinajstić information content (AvgIpc) is 3.28. The molecule has 0 amide bonds.